The first-order valence-electron chi connectivity index (χ1n) is 10.5. The summed E-state index contributed by atoms with van der Waals surface area (Å²) >= 11 is 0. The highest BCUT2D eigenvalue weighted by atomic mass is 16.1. The Hall–Kier alpha value is -3.07. The van der Waals surface area contributed by atoms with E-state index in [-0.39, 0.29) is 11.8 Å². The van der Waals surface area contributed by atoms with Crippen LogP contribution < -0.4 is 15.1 Å². The second-order valence-electron chi connectivity index (χ2n) is 7.79. The number of nitrogens with zero attached hydrogens (tertiary/aromatic N) is 4. The SMILES string of the molecule is N#Cc1ccc(N2CCC(C(=O)NCCCN3CCc4ccccc43)CC2)nc1. The summed E-state index contributed by atoms with van der Waals surface area (Å²) in [6.45, 7) is 4.44. The quantitative estimate of drug-likeness (QED) is 0.769. The minimum absolute atomic E-state index is 0.0807. The zero-order valence-corrected chi connectivity index (χ0v) is 16.7. The van der Waals surface area contributed by atoms with E-state index in [4.69, 9.17) is 5.26 Å². The molecule has 0 radical (unpaired) electrons. The fourth-order valence-corrected chi connectivity index (χ4v) is 4.27. The van der Waals surface area contributed by atoms with Crippen molar-refractivity contribution in [2.24, 2.45) is 5.92 Å². The number of hydrogen-bond donors (Lipinski definition) is 1. The van der Waals surface area contributed by atoms with E-state index >= 15 is 0 Å². The van der Waals surface area contributed by atoms with Gasteiger partial charge in [-0.1, -0.05) is 18.2 Å². The lowest BCUT2D eigenvalue weighted by Crippen LogP contribution is -2.41. The molecule has 2 aliphatic rings. The maximum atomic E-state index is 12.5. The first kappa shape index (κ1) is 19.3. The Morgan fingerprint density at radius 2 is 2.00 bits per heavy atom. The van der Waals surface area contributed by atoms with Gasteiger partial charge in [0.15, 0.2) is 0 Å². The van der Waals surface area contributed by atoms with Crippen molar-refractivity contribution in [1.82, 2.24) is 10.3 Å². The van der Waals surface area contributed by atoms with Gasteiger partial charge in [-0.15, -0.1) is 0 Å². The van der Waals surface area contributed by atoms with Crippen molar-refractivity contribution in [2.45, 2.75) is 25.7 Å². The predicted molar refractivity (Wildman–Crippen MR) is 114 cm³/mol. The molecule has 1 aromatic carbocycles. The van der Waals surface area contributed by atoms with Crippen LogP contribution in [0, 0.1) is 17.2 Å². The smallest absolute Gasteiger partial charge is 0.223 e. The van der Waals surface area contributed by atoms with Crippen molar-refractivity contribution in [1.29, 1.82) is 5.26 Å². The van der Waals surface area contributed by atoms with Crippen LogP contribution >= 0.6 is 0 Å². The van der Waals surface area contributed by atoms with Crippen LogP contribution in [0.1, 0.15) is 30.4 Å². The Balaban J connectivity index is 1.17. The highest BCUT2D eigenvalue weighted by molar-refractivity contribution is 5.79. The molecule has 6 nitrogen and oxygen atoms in total. The minimum atomic E-state index is 0.0807. The van der Waals surface area contributed by atoms with Crippen molar-refractivity contribution in [3.05, 3.63) is 53.7 Å². The number of aromatic nitrogens is 1. The van der Waals surface area contributed by atoms with Crippen LogP contribution in [0.5, 0.6) is 0 Å². The van der Waals surface area contributed by atoms with Crippen LogP contribution in [-0.2, 0) is 11.2 Å². The van der Waals surface area contributed by atoms with E-state index in [0.717, 1.165) is 64.2 Å². The van der Waals surface area contributed by atoms with Crippen molar-refractivity contribution >= 4 is 17.4 Å². The Morgan fingerprint density at radius 3 is 2.76 bits per heavy atom. The molecule has 0 saturated carbocycles. The molecule has 1 N–H and O–H groups in total. The zero-order chi connectivity index (χ0) is 20.1. The molecule has 0 atom stereocenters. The highest BCUT2D eigenvalue weighted by Gasteiger charge is 2.25. The van der Waals surface area contributed by atoms with Crippen molar-refractivity contribution in [3.63, 3.8) is 0 Å². The Morgan fingerprint density at radius 1 is 1.17 bits per heavy atom. The number of piperidine rings is 1. The Bertz CT molecular complexity index is 881. The lowest BCUT2D eigenvalue weighted by atomic mass is 9.96. The van der Waals surface area contributed by atoms with Crippen LogP contribution in [-0.4, -0.2) is 43.6 Å². The summed E-state index contributed by atoms with van der Waals surface area (Å²) in [5.41, 5.74) is 3.35. The maximum absolute atomic E-state index is 12.5. The molecule has 6 heteroatoms. The van der Waals surface area contributed by atoms with Crippen LogP contribution in [0.15, 0.2) is 42.6 Å². The number of nitriles is 1. The summed E-state index contributed by atoms with van der Waals surface area (Å²) in [6.07, 6.45) is 5.37. The minimum Gasteiger partial charge on any atom is -0.371 e. The van der Waals surface area contributed by atoms with Crippen LogP contribution in [0.25, 0.3) is 0 Å². The van der Waals surface area contributed by atoms with Gasteiger partial charge in [0.05, 0.1) is 5.56 Å². The van der Waals surface area contributed by atoms with Gasteiger partial charge in [-0.3, -0.25) is 4.79 Å². The molecule has 4 rings (SSSR count). The van der Waals surface area contributed by atoms with E-state index in [1.165, 1.54) is 11.3 Å². The average molecular weight is 390 g/mol. The second kappa shape index (κ2) is 8.95. The summed E-state index contributed by atoms with van der Waals surface area (Å²) in [4.78, 5) is 21.5. The molecule has 0 spiro atoms. The number of nitrogens with one attached hydrogen (secondary N) is 1. The number of benzene rings is 1. The number of anilines is 2. The summed E-state index contributed by atoms with van der Waals surface area (Å²) in [5, 5.41) is 12.0. The van der Waals surface area contributed by atoms with Crippen LogP contribution in [0.4, 0.5) is 11.5 Å². The van der Waals surface area contributed by atoms with Crippen LogP contribution in [0.2, 0.25) is 0 Å². The number of carbonyl (C=O) groups is 1. The molecular weight excluding hydrogens is 362 g/mol. The first-order chi connectivity index (χ1) is 14.2. The molecule has 0 bridgehead atoms. The second-order valence-corrected chi connectivity index (χ2v) is 7.79. The van der Waals surface area contributed by atoms with Gasteiger partial charge in [0, 0.05) is 50.5 Å². The largest absolute Gasteiger partial charge is 0.371 e. The molecule has 0 aliphatic carbocycles. The molecule has 150 valence electrons. The molecule has 2 aromatic rings. The van der Waals surface area contributed by atoms with Gasteiger partial charge < -0.3 is 15.1 Å². The number of fused-ring (bicyclic) bond motifs is 1. The van der Waals surface area contributed by atoms with E-state index in [0.29, 0.717) is 5.56 Å². The van der Waals surface area contributed by atoms with Gasteiger partial charge in [0.1, 0.15) is 11.9 Å². The van der Waals surface area contributed by atoms with Crippen molar-refractivity contribution in [2.75, 3.05) is 42.5 Å². The van der Waals surface area contributed by atoms with E-state index in [2.05, 4.69) is 50.4 Å². The standard InChI is InChI=1S/C23H27N5O/c24-16-18-6-7-22(26-17-18)28-14-9-20(10-15-28)23(29)25-11-3-12-27-13-8-19-4-1-2-5-21(19)27/h1-2,4-7,17,20H,3,8-15H2,(H,25,29). The van der Waals surface area contributed by atoms with Crippen LogP contribution in [0.3, 0.4) is 0 Å². The normalized spacial score (nSPS) is 16.4. The molecule has 0 unspecified atom stereocenters. The van der Waals surface area contributed by atoms with E-state index in [1.807, 2.05) is 6.07 Å². The fraction of sp³-hybridized carbons (Fsp3) is 0.435. The topological polar surface area (TPSA) is 72.3 Å². The van der Waals surface area contributed by atoms with Gasteiger partial charge >= 0.3 is 0 Å². The number of amides is 1. The van der Waals surface area contributed by atoms with Gasteiger partial charge in [-0.2, -0.15) is 5.26 Å². The third-order valence-corrected chi connectivity index (χ3v) is 5.95. The van der Waals surface area contributed by atoms with E-state index in [9.17, 15) is 4.79 Å². The number of para-hydroxylation sites is 1. The maximum Gasteiger partial charge on any atom is 0.223 e. The molecule has 1 fully saturated rings. The molecule has 1 saturated heterocycles. The van der Waals surface area contributed by atoms with Gasteiger partial charge in [-0.25, -0.2) is 4.98 Å². The highest BCUT2D eigenvalue weighted by Crippen LogP contribution is 2.27. The summed E-state index contributed by atoms with van der Waals surface area (Å²) in [7, 11) is 0. The zero-order valence-electron chi connectivity index (χ0n) is 16.7. The number of carbonyl (C=O) groups excluding carboxylic acids is 1. The first-order valence-corrected chi connectivity index (χ1v) is 10.5. The molecule has 2 aliphatic heterocycles. The van der Waals surface area contributed by atoms with Gasteiger partial charge in [0.25, 0.3) is 0 Å². The molecular formula is C23H27N5O. The Kier molecular flexibility index (Phi) is 5.95. The summed E-state index contributed by atoms with van der Waals surface area (Å²) < 4.78 is 0. The van der Waals surface area contributed by atoms with Crippen molar-refractivity contribution < 1.29 is 4.79 Å². The molecule has 3 heterocycles. The van der Waals surface area contributed by atoms with Crippen molar-refractivity contribution in [3.8, 4) is 6.07 Å². The predicted octanol–water partition coefficient (Wildman–Crippen LogP) is 2.74. The lowest BCUT2D eigenvalue weighted by Gasteiger charge is -2.32. The number of hydrogen-bond acceptors (Lipinski definition) is 5. The van der Waals surface area contributed by atoms with Gasteiger partial charge in [0.2, 0.25) is 5.91 Å². The number of rotatable bonds is 6. The summed E-state index contributed by atoms with van der Waals surface area (Å²) in [6, 6.07) is 14.4. The molecule has 29 heavy (non-hydrogen) atoms. The molecule has 1 amide bonds. The lowest BCUT2D eigenvalue weighted by molar-refractivity contribution is -0.125. The summed E-state index contributed by atoms with van der Waals surface area (Å²) in [5.74, 6) is 1.14. The third kappa shape index (κ3) is 4.51. The third-order valence-electron chi connectivity index (χ3n) is 5.95. The Labute approximate surface area is 172 Å². The monoisotopic (exact) mass is 389 g/mol. The van der Waals surface area contributed by atoms with E-state index < -0.39 is 0 Å². The van der Waals surface area contributed by atoms with Gasteiger partial charge in [-0.05, 0) is 49.4 Å². The average Bonchev–Trinajstić information content (AvgIpc) is 3.20. The fourth-order valence-electron chi connectivity index (χ4n) is 4.27. The molecule has 1 aromatic heterocycles. The number of pyridine rings is 1. The van der Waals surface area contributed by atoms with E-state index in [1.54, 1.807) is 12.3 Å².